The average Bonchev–Trinajstić information content (AvgIpc) is 3.17. The summed E-state index contributed by atoms with van der Waals surface area (Å²) in [6.07, 6.45) is 0.892. The van der Waals surface area contributed by atoms with Crippen LogP contribution in [-0.2, 0) is 6.42 Å². The van der Waals surface area contributed by atoms with Crippen molar-refractivity contribution in [3.05, 3.63) is 88.0 Å². The van der Waals surface area contributed by atoms with Crippen LogP contribution in [0.4, 0.5) is 21.9 Å². The standard InChI is InChI=1S/C24H22N4O3/c29-24(25-19-5-10-23-18(16-19)15-17-3-1-2-4-22(17)23)27-13-11-26(12-14-27)20-6-8-21(9-7-20)28(30)31/h1-10,16H,11-15H2,(H,25,29). The minimum Gasteiger partial charge on any atom is -0.368 e. The fourth-order valence-electron chi connectivity index (χ4n) is 4.38. The normalized spacial score (nSPS) is 14.7. The van der Waals surface area contributed by atoms with Gasteiger partial charge in [-0.15, -0.1) is 0 Å². The number of nitro benzene ring substituents is 1. The number of hydrogen-bond donors (Lipinski definition) is 1. The number of carbonyl (C=O) groups excluding carboxylic acids is 1. The van der Waals surface area contributed by atoms with E-state index in [4.69, 9.17) is 0 Å². The number of benzene rings is 3. The number of nitrogens with zero attached hydrogens (tertiary/aromatic N) is 3. The molecular weight excluding hydrogens is 392 g/mol. The second kappa shape index (κ2) is 7.75. The van der Waals surface area contributed by atoms with Gasteiger partial charge in [0, 0.05) is 49.7 Å². The van der Waals surface area contributed by atoms with Gasteiger partial charge in [-0.25, -0.2) is 4.79 Å². The van der Waals surface area contributed by atoms with E-state index in [9.17, 15) is 14.9 Å². The smallest absolute Gasteiger partial charge is 0.321 e. The minimum absolute atomic E-state index is 0.0826. The zero-order valence-electron chi connectivity index (χ0n) is 17.0. The molecule has 5 rings (SSSR count). The van der Waals surface area contributed by atoms with E-state index in [-0.39, 0.29) is 11.7 Å². The summed E-state index contributed by atoms with van der Waals surface area (Å²) in [5.74, 6) is 0. The molecule has 156 valence electrons. The van der Waals surface area contributed by atoms with E-state index >= 15 is 0 Å². The van der Waals surface area contributed by atoms with E-state index in [2.05, 4.69) is 46.6 Å². The predicted octanol–water partition coefficient (Wildman–Crippen LogP) is 4.52. The number of nitrogens with one attached hydrogen (secondary N) is 1. The highest BCUT2D eigenvalue weighted by Crippen LogP contribution is 2.37. The third-order valence-electron chi connectivity index (χ3n) is 6.04. The maximum absolute atomic E-state index is 12.8. The first kappa shape index (κ1) is 19.1. The molecule has 0 saturated carbocycles. The van der Waals surface area contributed by atoms with Gasteiger partial charge in [0.2, 0.25) is 0 Å². The SMILES string of the molecule is O=C(Nc1ccc2c(c1)Cc1ccccc1-2)N1CCN(c2ccc([N+](=O)[O-])cc2)CC1. The summed E-state index contributed by atoms with van der Waals surface area (Å²) >= 11 is 0. The quantitative estimate of drug-likeness (QED) is 0.395. The molecule has 31 heavy (non-hydrogen) atoms. The van der Waals surface area contributed by atoms with Crippen LogP contribution in [0.25, 0.3) is 11.1 Å². The Morgan fingerprint density at radius 1 is 0.871 bits per heavy atom. The average molecular weight is 414 g/mol. The Labute approximate surface area is 180 Å². The first-order chi connectivity index (χ1) is 15.1. The van der Waals surface area contributed by atoms with Gasteiger partial charge < -0.3 is 15.1 Å². The Bertz CT molecular complexity index is 1150. The van der Waals surface area contributed by atoms with Gasteiger partial charge in [-0.1, -0.05) is 30.3 Å². The van der Waals surface area contributed by atoms with Crippen molar-refractivity contribution in [3.8, 4) is 11.1 Å². The van der Waals surface area contributed by atoms with Crippen molar-refractivity contribution in [2.75, 3.05) is 36.4 Å². The van der Waals surface area contributed by atoms with E-state index in [1.165, 1.54) is 34.4 Å². The lowest BCUT2D eigenvalue weighted by molar-refractivity contribution is -0.384. The highest BCUT2D eigenvalue weighted by Gasteiger charge is 2.23. The topological polar surface area (TPSA) is 78.7 Å². The summed E-state index contributed by atoms with van der Waals surface area (Å²) in [7, 11) is 0. The van der Waals surface area contributed by atoms with Gasteiger partial charge >= 0.3 is 6.03 Å². The van der Waals surface area contributed by atoms with Crippen molar-refractivity contribution < 1.29 is 9.72 Å². The van der Waals surface area contributed by atoms with Gasteiger partial charge in [0.25, 0.3) is 5.69 Å². The fourth-order valence-corrected chi connectivity index (χ4v) is 4.38. The molecule has 0 bridgehead atoms. The van der Waals surface area contributed by atoms with E-state index in [0.29, 0.717) is 26.2 Å². The molecule has 0 atom stereocenters. The van der Waals surface area contributed by atoms with Crippen molar-refractivity contribution in [2.45, 2.75) is 6.42 Å². The summed E-state index contributed by atoms with van der Waals surface area (Å²) in [6, 6.07) is 21.0. The summed E-state index contributed by atoms with van der Waals surface area (Å²) in [6.45, 7) is 2.56. The molecule has 1 N–H and O–H groups in total. The molecule has 1 fully saturated rings. The molecule has 1 aliphatic heterocycles. The number of rotatable bonds is 3. The number of hydrogen-bond acceptors (Lipinski definition) is 4. The first-order valence-electron chi connectivity index (χ1n) is 10.3. The second-order valence-corrected chi connectivity index (χ2v) is 7.88. The molecule has 0 unspecified atom stereocenters. The van der Waals surface area contributed by atoms with Gasteiger partial charge in [0.1, 0.15) is 0 Å². The Morgan fingerprint density at radius 2 is 1.58 bits per heavy atom. The summed E-state index contributed by atoms with van der Waals surface area (Å²) in [5, 5.41) is 13.9. The van der Waals surface area contributed by atoms with Gasteiger partial charge in [0.15, 0.2) is 0 Å². The van der Waals surface area contributed by atoms with Crippen molar-refractivity contribution in [1.29, 1.82) is 0 Å². The number of amides is 2. The number of piperazine rings is 1. The lowest BCUT2D eigenvalue weighted by Crippen LogP contribution is -2.50. The predicted molar refractivity (Wildman–Crippen MR) is 121 cm³/mol. The third kappa shape index (κ3) is 3.70. The molecule has 3 aromatic rings. The number of carbonyl (C=O) groups is 1. The van der Waals surface area contributed by atoms with Gasteiger partial charge in [-0.3, -0.25) is 10.1 Å². The fraction of sp³-hybridized carbons (Fsp3) is 0.208. The molecule has 1 saturated heterocycles. The van der Waals surface area contributed by atoms with Gasteiger partial charge in [0.05, 0.1) is 4.92 Å². The number of nitro groups is 1. The van der Waals surface area contributed by atoms with Crippen LogP contribution in [0.15, 0.2) is 66.7 Å². The van der Waals surface area contributed by atoms with Crippen LogP contribution in [0, 0.1) is 10.1 Å². The van der Waals surface area contributed by atoms with Crippen molar-refractivity contribution in [1.82, 2.24) is 4.90 Å². The van der Waals surface area contributed by atoms with E-state index in [1.54, 1.807) is 12.1 Å². The Hall–Kier alpha value is -3.87. The van der Waals surface area contributed by atoms with Crippen LogP contribution in [0.2, 0.25) is 0 Å². The number of fused-ring (bicyclic) bond motifs is 3. The number of urea groups is 1. The molecule has 1 heterocycles. The summed E-state index contributed by atoms with van der Waals surface area (Å²) in [4.78, 5) is 27.1. The third-order valence-corrected chi connectivity index (χ3v) is 6.04. The Balaban J connectivity index is 1.20. The summed E-state index contributed by atoms with van der Waals surface area (Å²) in [5.41, 5.74) is 6.91. The highest BCUT2D eigenvalue weighted by atomic mass is 16.6. The molecule has 1 aliphatic carbocycles. The summed E-state index contributed by atoms with van der Waals surface area (Å²) < 4.78 is 0. The molecule has 3 aromatic carbocycles. The van der Waals surface area contributed by atoms with E-state index in [1.807, 2.05) is 11.0 Å². The molecule has 7 nitrogen and oxygen atoms in total. The molecular formula is C24H22N4O3. The molecule has 0 aromatic heterocycles. The zero-order chi connectivity index (χ0) is 21.4. The van der Waals surface area contributed by atoms with Crippen LogP contribution in [-0.4, -0.2) is 42.0 Å². The van der Waals surface area contributed by atoms with Crippen molar-refractivity contribution >= 4 is 23.1 Å². The molecule has 0 radical (unpaired) electrons. The maximum Gasteiger partial charge on any atom is 0.321 e. The molecule has 2 aliphatic rings. The minimum atomic E-state index is -0.399. The van der Waals surface area contributed by atoms with E-state index < -0.39 is 4.92 Å². The molecule has 7 heteroatoms. The van der Waals surface area contributed by atoms with Crippen LogP contribution in [0.3, 0.4) is 0 Å². The Morgan fingerprint density at radius 3 is 2.32 bits per heavy atom. The number of non-ortho nitro benzene ring substituents is 1. The van der Waals surface area contributed by atoms with Crippen molar-refractivity contribution in [2.24, 2.45) is 0 Å². The lowest BCUT2D eigenvalue weighted by Gasteiger charge is -2.36. The van der Waals surface area contributed by atoms with Gasteiger partial charge in [-0.05, 0) is 52.9 Å². The van der Waals surface area contributed by atoms with Crippen LogP contribution in [0.5, 0.6) is 0 Å². The Kier molecular flexibility index (Phi) is 4.78. The van der Waals surface area contributed by atoms with Crippen LogP contribution in [0.1, 0.15) is 11.1 Å². The first-order valence-corrected chi connectivity index (χ1v) is 10.3. The van der Waals surface area contributed by atoms with Gasteiger partial charge in [-0.2, -0.15) is 0 Å². The number of anilines is 2. The second-order valence-electron chi connectivity index (χ2n) is 7.88. The zero-order valence-corrected chi connectivity index (χ0v) is 17.0. The van der Waals surface area contributed by atoms with E-state index in [0.717, 1.165) is 17.8 Å². The van der Waals surface area contributed by atoms with Crippen molar-refractivity contribution in [3.63, 3.8) is 0 Å². The highest BCUT2D eigenvalue weighted by molar-refractivity contribution is 5.90. The largest absolute Gasteiger partial charge is 0.368 e. The van der Waals surface area contributed by atoms with Crippen LogP contribution >= 0.6 is 0 Å². The molecule has 0 spiro atoms. The maximum atomic E-state index is 12.8. The lowest BCUT2D eigenvalue weighted by atomic mass is 10.1. The molecule has 2 amide bonds. The van der Waals surface area contributed by atoms with Crippen LogP contribution < -0.4 is 10.2 Å². The monoisotopic (exact) mass is 414 g/mol.